The molecule has 168 valence electrons. The van der Waals surface area contributed by atoms with E-state index in [4.69, 9.17) is 25.8 Å². The van der Waals surface area contributed by atoms with E-state index in [1.807, 2.05) is 42.5 Å². The highest BCUT2D eigenvalue weighted by atomic mass is 35.5. The predicted octanol–water partition coefficient (Wildman–Crippen LogP) is 5.51. The first-order chi connectivity index (χ1) is 16.1. The summed E-state index contributed by atoms with van der Waals surface area (Å²) in [5.41, 5.74) is 2.90. The summed E-state index contributed by atoms with van der Waals surface area (Å²) in [4.78, 5) is 12.7. The molecule has 7 nitrogen and oxygen atoms in total. The molecule has 1 heterocycles. The molecule has 4 rings (SSSR count). The van der Waals surface area contributed by atoms with Gasteiger partial charge in [-0.2, -0.15) is 5.10 Å². The van der Waals surface area contributed by atoms with Gasteiger partial charge in [0, 0.05) is 18.3 Å². The molecule has 1 N–H and O–H groups in total. The van der Waals surface area contributed by atoms with Gasteiger partial charge in [-0.1, -0.05) is 54.1 Å². The molecule has 0 aliphatic rings. The third kappa shape index (κ3) is 5.27. The first-order valence-electron chi connectivity index (χ1n) is 10.1. The van der Waals surface area contributed by atoms with Crippen molar-refractivity contribution < 1.29 is 19.0 Å². The molecular weight excluding hydrogens is 442 g/mol. The lowest BCUT2D eigenvalue weighted by Crippen LogP contribution is -2.15. The number of rotatable bonds is 8. The van der Waals surface area contributed by atoms with Crippen molar-refractivity contribution in [2.24, 2.45) is 0 Å². The number of amides is 1. The number of nitrogens with zero attached hydrogens (tertiary/aromatic N) is 2. The molecule has 1 amide bonds. The van der Waals surface area contributed by atoms with E-state index >= 15 is 0 Å². The van der Waals surface area contributed by atoms with E-state index in [-0.39, 0.29) is 12.4 Å². The molecule has 0 radical (unpaired) electrons. The van der Waals surface area contributed by atoms with E-state index in [9.17, 15) is 4.79 Å². The first kappa shape index (κ1) is 22.2. The zero-order valence-corrected chi connectivity index (χ0v) is 18.9. The van der Waals surface area contributed by atoms with Gasteiger partial charge in [0.1, 0.15) is 17.2 Å². The van der Waals surface area contributed by atoms with Crippen molar-refractivity contribution in [2.75, 3.05) is 19.5 Å². The Morgan fingerprint density at radius 2 is 1.64 bits per heavy atom. The molecule has 33 heavy (non-hydrogen) atoms. The number of benzene rings is 3. The van der Waals surface area contributed by atoms with Crippen LogP contribution in [-0.2, 0) is 6.73 Å². The number of hydrogen-bond acceptors (Lipinski definition) is 5. The van der Waals surface area contributed by atoms with Gasteiger partial charge in [-0.15, -0.1) is 0 Å². The Kier molecular flexibility index (Phi) is 6.80. The molecule has 0 aliphatic heterocycles. The molecule has 0 saturated heterocycles. The second kappa shape index (κ2) is 10.1. The van der Waals surface area contributed by atoms with E-state index in [2.05, 4.69) is 22.5 Å². The molecule has 0 bridgehead atoms. The summed E-state index contributed by atoms with van der Waals surface area (Å²) in [6, 6.07) is 22.7. The number of ether oxygens (including phenoxy) is 3. The van der Waals surface area contributed by atoms with Gasteiger partial charge in [0.05, 0.1) is 24.9 Å². The highest BCUT2D eigenvalue weighted by Crippen LogP contribution is 2.36. The van der Waals surface area contributed by atoms with E-state index in [1.54, 1.807) is 29.1 Å². The Balaban J connectivity index is 1.39. The van der Waals surface area contributed by atoms with Gasteiger partial charge < -0.3 is 19.5 Å². The van der Waals surface area contributed by atoms with Gasteiger partial charge in [-0.05, 0) is 29.3 Å². The van der Waals surface area contributed by atoms with Crippen LogP contribution >= 0.6 is 11.6 Å². The summed E-state index contributed by atoms with van der Waals surface area (Å²) < 4.78 is 17.8. The molecule has 0 saturated carbocycles. The van der Waals surface area contributed by atoms with Crippen molar-refractivity contribution in [2.45, 2.75) is 6.73 Å². The lowest BCUT2D eigenvalue weighted by atomic mass is 10.1. The van der Waals surface area contributed by atoms with E-state index in [1.165, 1.54) is 14.2 Å². The second-order valence-corrected chi connectivity index (χ2v) is 7.45. The van der Waals surface area contributed by atoms with Gasteiger partial charge in [-0.3, -0.25) is 4.79 Å². The number of nitrogens with one attached hydrogen (secondary N) is 1. The monoisotopic (exact) mass is 463 g/mol. The third-order valence-electron chi connectivity index (χ3n) is 4.92. The average Bonchev–Trinajstić information content (AvgIpc) is 3.34. The zero-order chi connectivity index (χ0) is 23.2. The number of carbonyl (C=O) groups is 1. The minimum Gasteiger partial charge on any atom is -0.495 e. The molecule has 0 atom stereocenters. The Hall–Kier alpha value is -3.97. The molecule has 0 spiro atoms. The number of halogens is 1. The maximum absolute atomic E-state index is 12.7. The number of hydrogen-bond donors (Lipinski definition) is 1. The van der Waals surface area contributed by atoms with Crippen LogP contribution in [0.25, 0.3) is 11.1 Å². The summed E-state index contributed by atoms with van der Waals surface area (Å²) >= 11 is 6.11. The smallest absolute Gasteiger partial charge is 0.276 e. The maximum Gasteiger partial charge on any atom is 0.276 e. The van der Waals surface area contributed by atoms with Crippen LogP contribution in [0.2, 0.25) is 5.02 Å². The van der Waals surface area contributed by atoms with Gasteiger partial charge in [-0.25, -0.2) is 4.68 Å². The van der Waals surface area contributed by atoms with Gasteiger partial charge in [0.25, 0.3) is 5.91 Å². The fourth-order valence-electron chi connectivity index (χ4n) is 3.21. The summed E-state index contributed by atoms with van der Waals surface area (Å²) in [6.07, 6.45) is 1.67. The normalized spacial score (nSPS) is 10.5. The molecular formula is C25H22ClN3O4. The van der Waals surface area contributed by atoms with Crippen molar-refractivity contribution in [1.29, 1.82) is 0 Å². The number of carbonyl (C=O) groups excluding carboxylic acids is 1. The van der Waals surface area contributed by atoms with Crippen molar-refractivity contribution >= 4 is 23.2 Å². The van der Waals surface area contributed by atoms with Crippen LogP contribution < -0.4 is 19.5 Å². The Bertz CT molecular complexity index is 1240. The molecule has 3 aromatic carbocycles. The molecule has 1 aromatic heterocycles. The van der Waals surface area contributed by atoms with Crippen molar-refractivity contribution in [1.82, 2.24) is 9.78 Å². The second-order valence-electron chi connectivity index (χ2n) is 7.05. The summed E-state index contributed by atoms with van der Waals surface area (Å²) in [5, 5.41) is 7.43. The minimum atomic E-state index is -0.399. The van der Waals surface area contributed by atoms with Crippen LogP contribution in [0.4, 0.5) is 5.69 Å². The number of methoxy groups -OCH3 is 2. The third-order valence-corrected chi connectivity index (χ3v) is 5.22. The van der Waals surface area contributed by atoms with Crippen LogP contribution in [0.15, 0.2) is 79.0 Å². The molecule has 0 fully saturated rings. The summed E-state index contributed by atoms with van der Waals surface area (Å²) in [5.74, 6) is 1.14. The van der Waals surface area contributed by atoms with E-state index < -0.39 is 5.91 Å². The van der Waals surface area contributed by atoms with Crippen LogP contribution in [0.5, 0.6) is 17.2 Å². The van der Waals surface area contributed by atoms with Crippen molar-refractivity contribution in [3.63, 3.8) is 0 Å². The largest absolute Gasteiger partial charge is 0.495 e. The lowest BCUT2D eigenvalue weighted by Gasteiger charge is -2.12. The highest BCUT2D eigenvalue weighted by Gasteiger charge is 2.15. The predicted molar refractivity (Wildman–Crippen MR) is 127 cm³/mol. The van der Waals surface area contributed by atoms with Crippen LogP contribution in [-0.4, -0.2) is 29.9 Å². The molecule has 8 heteroatoms. The van der Waals surface area contributed by atoms with Crippen LogP contribution in [0, 0.1) is 0 Å². The van der Waals surface area contributed by atoms with Crippen molar-refractivity contribution in [3.8, 4) is 28.4 Å². The van der Waals surface area contributed by atoms with Gasteiger partial charge in [0.15, 0.2) is 12.4 Å². The Labute approximate surface area is 196 Å². The SMILES string of the molecule is COc1cc(NC(=O)c2ccn(COc3ccc(-c4ccccc4)cc3)n2)c(OC)cc1Cl. The lowest BCUT2D eigenvalue weighted by molar-refractivity contribution is 0.102. The first-order valence-corrected chi connectivity index (χ1v) is 10.5. The molecule has 0 unspecified atom stereocenters. The van der Waals surface area contributed by atoms with Crippen molar-refractivity contribution in [3.05, 3.63) is 89.7 Å². The molecule has 4 aromatic rings. The van der Waals surface area contributed by atoms with Crippen LogP contribution in [0.1, 0.15) is 10.5 Å². The zero-order valence-electron chi connectivity index (χ0n) is 18.1. The highest BCUT2D eigenvalue weighted by molar-refractivity contribution is 6.32. The van der Waals surface area contributed by atoms with Crippen LogP contribution in [0.3, 0.4) is 0 Å². The fourth-order valence-corrected chi connectivity index (χ4v) is 3.44. The number of anilines is 1. The Morgan fingerprint density at radius 3 is 2.33 bits per heavy atom. The number of aromatic nitrogens is 2. The average molecular weight is 464 g/mol. The molecule has 0 aliphatic carbocycles. The summed E-state index contributed by atoms with van der Waals surface area (Å²) in [6.45, 7) is 0.163. The van der Waals surface area contributed by atoms with E-state index in [0.717, 1.165) is 11.1 Å². The standard InChI is InChI=1S/C25H22ClN3O4/c1-31-23-15-22(24(32-2)14-20(23)26)27-25(30)21-12-13-29(28-21)16-33-19-10-8-18(9-11-19)17-6-4-3-5-7-17/h3-15H,16H2,1-2H3,(H,27,30). The quantitative estimate of drug-likeness (QED) is 0.373. The summed E-state index contributed by atoms with van der Waals surface area (Å²) in [7, 11) is 2.99. The van der Waals surface area contributed by atoms with E-state index in [0.29, 0.717) is 28.0 Å². The fraction of sp³-hybridized carbons (Fsp3) is 0.120. The maximum atomic E-state index is 12.7. The van der Waals surface area contributed by atoms with Gasteiger partial charge in [0.2, 0.25) is 0 Å². The topological polar surface area (TPSA) is 74.6 Å². The minimum absolute atomic E-state index is 0.163. The van der Waals surface area contributed by atoms with Gasteiger partial charge >= 0.3 is 0 Å². The Morgan fingerprint density at radius 1 is 0.939 bits per heavy atom.